The topological polar surface area (TPSA) is 107 Å². The number of sulfone groups is 1. The highest BCUT2D eigenvalue weighted by Gasteiger charge is 2.39. The number of fused-ring (bicyclic) bond motifs is 1. The Hall–Kier alpha value is -2.33. The lowest BCUT2D eigenvalue weighted by atomic mass is 10.0. The van der Waals surface area contributed by atoms with E-state index in [1.54, 1.807) is 6.92 Å². The van der Waals surface area contributed by atoms with Gasteiger partial charge in [0.15, 0.2) is 26.5 Å². The summed E-state index contributed by atoms with van der Waals surface area (Å²) in [6.45, 7) is 2.78. The molecule has 0 unspecified atom stereocenters. The van der Waals surface area contributed by atoms with Crippen LogP contribution in [-0.4, -0.2) is 49.7 Å². The van der Waals surface area contributed by atoms with Crippen LogP contribution in [0.15, 0.2) is 23.6 Å². The van der Waals surface area contributed by atoms with Gasteiger partial charge in [-0.25, -0.2) is 18.2 Å². The molecule has 2 aliphatic rings. The Morgan fingerprint density at radius 3 is 2.78 bits per heavy atom. The fourth-order valence-corrected chi connectivity index (χ4v) is 5.99. The van der Waals surface area contributed by atoms with Crippen molar-refractivity contribution in [1.82, 2.24) is 10.3 Å². The summed E-state index contributed by atoms with van der Waals surface area (Å²) in [4.78, 5) is 16.7. The predicted octanol–water partition coefficient (Wildman–Crippen LogP) is 2.28. The summed E-state index contributed by atoms with van der Waals surface area (Å²) in [5.41, 5.74) is 0.818. The Balaban J connectivity index is 1.43. The Bertz CT molecular complexity index is 988. The van der Waals surface area contributed by atoms with Gasteiger partial charge in [-0.1, -0.05) is 0 Å². The van der Waals surface area contributed by atoms with Gasteiger partial charge in [-0.05, 0) is 31.5 Å². The van der Waals surface area contributed by atoms with Crippen molar-refractivity contribution in [2.75, 3.05) is 30.0 Å². The Labute approximate surface area is 160 Å². The molecule has 1 aromatic heterocycles. The van der Waals surface area contributed by atoms with Crippen molar-refractivity contribution in [2.45, 2.75) is 18.9 Å². The smallest absolute Gasteiger partial charge is 0.321 e. The van der Waals surface area contributed by atoms with Crippen LogP contribution in [0.4, 0.5) is 9.93 Å². The van der Waals surface area contributed by atoms with Gasteiger partial charge in [0.25, 0.3) is 0 Å². The quantitative estimate of drug-likeness (QED) is 0.806. The molecule has 2 aliphatic heterocycles. The number of rotatable bonds is 3. The molecule has 8 nitrogen and oxygen atoms in total. The van der Waals surface area contributed by atoms with E-state index in [1.165, 1.54) is 11.3 Å². The number of amides is 2. The van der Waals surface area contributed by atoms with Crippen molar-refractivity contribution in [3.63, 3.8) is 0 Å². The molecule has 0 bridgehead atoms. The largest absolute Gasteiger partial charge is 0.486 e. The van der Waals surface area contributed by atoms with E-state index in [1.807, 2.05) is 23.6 Å². The molecule has 3 heterocycles. The number of thiazole rings is 1. The maximum absolute atomic E-state index is 12.2. The van der Waals surface area contributed by atoms with Gasteiger partial charge in [-0.3, -0.25) is 5.32 Å². The zero-order chi connectivity index (χ0) is 19.1. The predicted molar refractivity (Wildman–Crippen MR) is 102 cm³/mol. The number of anilines is 1. The highest BCUT2D eigenvalue weighted by Crippen LogP contribution is 2.35. The fraction of sp³-hybridized carbons (Fsp3) is 0.412. The van der Waals surface area contributed by atoms with Gasteiger partial charge in [-0.15, -0.1) is 11.3 Å². The van der Waals surface area contributed by atoms with E-state index in [2.05, 4.69) is 15.6 Å². The van der Waals surface area contributed by atoms with Crippen LogP contribution in [-0.2, 0) is 9.84 Å². The second kappa shape index (κ2) is 6.68. The monoisotopic (exact) mass is 409 g/mol. The summed E-state index contributed by atoms with van der Waals surface area (Å²) < 4.78 is 34.4. The second-order valence-corrected chi connectivity index (χ2v) is 9.92. The summed E-state index contributed by atoms with van der Waals surface area (Å²) in [5, 5.41) is 7.70. The van der Waals surface area contributed by atoms with E-state index in [9.17, 15) is 13.2 Å². The summed E-state index contributed by atoms with van der Waals surface area (Å²) >= 11 is 1.29. The molecule has 10 heteroatoms. The first kappa shape index (κ1) is 18.1. The molecule has 0 spiro atoms. The number of hydrogen-bond acceptors (Lipinski definition) is 7. The van der Waals surface area contributed by atoms with E-state index >= 15 is 0 Å². The summed E-state index contributed by atoms with van der Waals surface area (Å²) in [7, 11) is -3.09. The minimum absolute atomic E-state index is 0.0479. The second-order valence-electron chi connectivity index (χ2n) is 6.88. The van der Waals surface area contributed by atoms with Crippen molar-refractivity contribution in [1.29, 1.82) is 0 Å². The molecule has 1 saturated heterocycles. The number of benzene rings is 1. The first-order valence-corrected chi connectivity index (χ1v) is 11.2. The molecular weight excluding hydrogens is 390 g/mol. The van der Waals surface area contributed by atoms with E-state index in [-0.39, 0.29) is 11.5 Å². The Morgan fingerprint density at radius 2 is 2.04 bits per heavy atom. The van der Waals surface area contributed by atoms with Gasteiger partial charge in [-0.2, -0.15) is 0 Å². The van der Waals surface area contributed by atoms with Crippen molar-refractivity contribution in [2.24, 2.45) is 0 Å². The third-order valence-corrected chi connectivity index (χ3v) is 7.14. The van der Waals surface area contributed by atoms with Gasteiger partial charge in [0.05, 0.1) is 22.7 Å². The van der Waals surface area contributed by atoms with Crippen molar-refractivity contribution in [3.8, 4) is 22.8 Å². The minimum Gasteiger partial charge on any atom is -0.486 e. The number of ether oxygens (including phenoxy) is 2. The highest BCUT2D eigenvalue weighted by molar-refractivity contribution is 7.91. The van der Waals surface area contributed by atoms with Crippen LogP contribution in [0.3, 0.4) is 0 Å². The summed E-state index contributed by atoms with van der Waals surface area (Å²) in [5.74, 6) is 1.43. The molecular formula is C17H19N3O5S2. The van der Waals surface area contributed by atoms with E-state index in [0.29, 0.717) is 42.0 Å². The third-order valence-electron chi connectivity index (χ3n) is 4.48. The molecule has 0 saturated carbocycles. The molecule has 0 aliphatic carbocycles. The van der Waals surface area contributed by atoms with Crippen LogP contribution in [0.5, 0.6) is 11.5 Å². The van der Waals surface area contributed by atoms with E-state index in [0.717, 1.165) is 5.56 Å². The molecule has 144 valence electrons. The van der Waals surface area contributed by atoms with Crippen molar-refractivity contribution in [3.05, 3.63) is 23.6 Å². The van der Waals surface area contributed by atoms with Gasteiger partial charge in [0.2, 0.25) is 0 Å². The number of urea groups is 1. The van der Waals surface area contributed by atoms with Crippen LogP contribution in [0, 0.1) is 0 Å². The highest BCUT2D eigenvalue weighted by atomic mass is 32.2. The number of hydrogen-bond donors (Lipinski definition) is 2. The van der Waals surface area contributed by atoms with Gasteiger partial charge in [0.1, 0.15) is 13.2 Å². The van der Waals surface area contributed by atoms with Gasteiger partial charge in [0, 0.05) is 10.9 Å². The number of nitrogens with one attached hydrogen (secondary N) is 2. The Kier molecular flexibility index (Phi) is 4.47. The molecule has 4 rings (SSSR count). The van der Waals surface area contributed by atoms with E-state index < -0.39 is 21.4 Å². The average molecular weight is 409 g/mol. The zero-order valence-corrected chi connectivity index (χ0v) is 16.3. The average Bonchev–Trinajstić information content (AvgIpc) is 3.18. The lowest BCUT2D eigenvalue weighted by molar-refractivity contribution is 0.171. The number of carbonyl (C=O) groups is 1. The van der Waals surface area contributed by atoms with Crippen molar-refractivity contribution < 1.29 is 22.7 Å². The molecule has 2 aromatic rings. The summed E-state index contributed by atoms with van der Waals surface area (Å²) in [6, 6.07) is 5.12. The van der Waals surface area contributed by atoms with E-state index in [4.69, 9.17) is 9.47 Å². The van der Waals surface area contributed by atoms with Crippen LogP contribution in [0.2, 0.25) is 0 Å². The van der Waals surface area contributed by atoms with Crippen LogP contribution in [0.1, 0.15) is 13.3 Å². The first-order valence-electron chi connectivity index (χ1n) is 8.47. The minimum atomic E-state index is -3.09. The van der Waals surface area contributed by atoms with Gasteiger partial charge >= 0.3 is 6.03 Å². The number of nitrogens with zero attached hydrogens (tertiary/aromatic N) is 1. The van der Waals surface area contributed by atoms with Crippen molar-refractivity contribution >= 4 is 32.3 Å². The lowest BCUT2D eigenvalue weighted by Gasteiger charge is -2.23. The molecule has 1 aromatic carbocycles. The maximum atomic E-state index is 12.2. The number of aromatic nitrogens is 1. The zero-order valence-electron chi connectivity index (χ0n) is 14.6. The molecule has 0 radical (unpaired) electrons. The van der Waals surface area contributed by atoms with Crippen LogP contribution < -0.4 is 20.1 Å². The third kappa shape index (κ3) is 4.01. The SMILES string of the molecule is C[C@]1(NC(=O)Nc2nc(-c3ccc4c(c3)OCCO4)cs2)CCS(=O)(=O)C1. The standard InChI is InChI=1S/C17H19N3O5S2/c1-17(4-7-27(22,23)10-17)20-15(21)19-16-18-12(9-26-16)11-2-3-13-14(8-11)25-6-5-24-13/h2-3,8-9H,4-7,10H2,1H3,(H2,18,19,20,21)/t17-/m0/s1. The normalized spacial score (nSPS) is 23.0. The molecule has 27 heavy (non-hydrogen) atoms. The first-order chi connectivity index (χ1) is 12.8. The fourth-order valence-electron chi connectivity index (χ4n) is 3.18. The molecule has 1 fully saturated rings. The molecule has 2 amide bonds. The molecule has 2 N–H and O–H groups in total. The number of carbonyl (C=O) groups excluding carboxylic acids is 1. The van der Waals surface area contributed by atoms with Crippen LogP contribution >= 0.6 is 11.3 Å². The van der Waals surface area contributed by atoms with Crippen LogP contribution in [0.25, 0.3) is 11.3 Å². The lowest BCUT2D eigenvalue weighted by Crippen LogP contribution is -2.48. The molecule has 1 atom stereocenters. The summed E-state index contributed by atoms with van der Waals surface area (Å²) in [6.07, 6.45) is 0.406. The Morgan fingerprint density at radius 1 is 1.26 bits per heavy atom. The van der Waals surface area contributed by atoms with Gasteiger partial charge < -0.3 is 14.8 Å². The maximum Gasteiger partial charge on any atom is 0.321 e.